The summed E-state index contributed by atoms with van der Waals surface area (Å²) in [6, 6.07) is 5.67. The molecular formula is C13H11F8NO2S2. The molecule has 1 aromatic carbocycles. The fourth-order valence-electron chi connectivity index (χ4n) is 1.58. The van der Waals surface area contributed by atoms with Gasteiger partial charge in [-0.15, -0.1) is 0 Å². The summed E-state index contributed by atoms with van der Waals surface area (Å²) in [4.78, 5) is 10.9. The van der Waals surface area contributed by atoms with E-state index in [4.69, 9.17) is 0 Å². The molecule has 13 heteroatoms. The van der Waals surface area contributed by atoms with Crippen molar-refractivity contribution < 1.29 is 44.5 Å². The average molecular weight is 429 g/mol. The molecule has 0 saturated carbocycles. The molecule has 0 aliphatic carbocycles. The molecule has 0 aliphatic heterocycles. The van der Waals surface area contributed by atoms with Crippen LogP contribution < -0.4 is 0 Å². The predicted octanol–water partition coefficient (Wildman–Crippen LogP) is 4.30. The maximum Gasteiger partial charge on any atom is 0.378 e. The zero-order valence-electron chi connectivity index (χ0n) is 12.8. The molecule has 0 spiro atoms. The number of hydrogen-bond donors (Lipinski definition) is 0. The standard InChI is InChI=1S/C13H11F8NO2S2/c1-8-4-2-3-5-9(8)26(24)22(7-23)25-6-11(16,17)13(20,21)12(18,19)10(14)15/h2-5,7,10H,6H2,1H3. The van der Waals surface area contributed by atoms with Crippen LogP contribution in [0.4, 0.5) is 35.1 Å². The lowest BCUT2D eigenvalue weighted by Crippen LogP contribution is -2.58. The SMILES string of the molecule is Cc1ccccc1[S+]([O-])N(C=O)SCC(F)(F)C(F)(F)C(F)(F)C(F)F. The van der Waals surface area contributed by atoms with Crippen LogP contribution in [0.25, 0.3) is 0 Å². The van der Waals surface area contributed by atoms with E-state index in [-0.39, 0.29) is 15.0 Å². The number of amides is 1. The zero-order valence-corrected chi connectivity index (χ0v) is 14.4. The molecule has 26 heavy (non-hydrogen) atoms. The number of carbonyl (C=O) groups excluding carboxylic acids is 1. The fourth-order valence-corrected chi connectivity index (χ4v) is 3.71. The molecule has 0 fully saturated rings. The Morgan fingerprint density at radius 3 is 2.19 bits per heavy atom. The van der Waals surface area contributed by atoms with Gasteiger partial charge in [0.2, 0.25) is 0 Å². The van der Waals surface area contributed by atoms with Gasteiger partial charge in [-0.2, -0.15) is 26.3 Å². The Hall–Kier alpha value is -1.21. The van der Waals surface area contributed by atoms with E-state index in [9.17, 15) is 44.5 Å². The Morgan fingerprint density at radius 1 is 1.19 bits per heavy atom. The Kier molecular flexibility index (Phi) is 7.21. The van der Waals surface area contributed by atoms with E-state index >= 15 is 0 Å². The summed E-state index contributed by atoms with van der Waals surface area (Å²) in [7, 11) is 0. The van der Waals surface area contributed by atoms with E-state index in [1.54, 1.807) is 0 Å². The van der Waals surface area contributed by atoms with Crippen LogP contribution in [-0.2, 0) is 16.2 Å². The molecule has 0 N–H and O–H groups in total. The first-order valence-electron chi connectivity index (χ1n) is 6.56. The van der Waals surface area contributed by atoms with E-state index in [2.05, 4.69) is 0 Å². The Labute approximate surface area is 150 Å². The highest BCUT2D eigenvalue weighted by molar-refractivity contribution is 8.09. The van der Waals surface area contributed by atoms with Crippen LogP contribution in [0.5, 0.6) is 0 Å². The number of benzene rings is 1. The van der Waals surface area contributed by atoms with Crippen LogP contribution in [0.2, 0.25) is 0 Å². The molecule has 148 valence electrons. The largest absolute Gasteiger partial charge is 0.587 e. The molecule has 0 aromatic heterocycles. The van der Waals surface area contributed by atoms with Gasteiger partial charge in [0, 0.05) is 17.5 Å². The van der Waals surface area contributed by atoms with E-state index in [0.717, 1.165) is 0 Å². The summed E-state index contributed by atoms with van der Waals surface area (Å²) in [6.07, 6.45) is -5.26. The summed E-state index contributed by atoms with van der Waals surface area (Å²) in [5, 5.41) is 0. The minimum atomic E-state index is -6.39. The van der Waals surface area contributed by atoms with Gasteiger partial charge in [-0.05, 0) is 13.0 Å². The van der Waals surface area contributed by atoms with E-state index in [1.165, 1.54) is 31.2 Å². The van der Waals surface area contributed by atoms with Crippen LogP contribution in [0, 0.1) is 6.92 Å². The third-order valence-corrected chi connectivity index (χ3v) is 5.86. The van der Waals surface area contributed by atoms with Gasteiger partial charge in [0.05, 0.1) is 5.75 Å². The summed E-state index contributed by atoms with van der Waals surface area (Å²) in [5.74, 6) is -20.5. The molecule has 0 saturated heterocycles. The highest BCUT2D eigenvalue weighted by Crippen LogP contribution is 2.49. The van der Waals surface area contributed by atoms with E-state index in [1.807, 2.05) is 0 Å². The van der Waals surface area contributed by atoms with Crippen molar-refractivity contribution >= 4 is 29.7 Å². The monoisotopic (exact) mass is 429 g/mol. The maximum atomic E-state index is 13.5. The Morgan fingerprint density at radius 2 is 1.73 bits per heavy atom. The van der Waals surface area contributed by atoms with Crippen molar-refractivity contribution in [3.63, 3.8) is 0 Å². The number of aryl methyl sites for hydroxylation is 1. The van der Waals surface area contributed by atoms with Crippen LogP contribution in [0.15, 0.2) is 29.2 Å². The third kappa shape index (κ3) is 4.36. The fraction of sp³-hybridized carbons (Fsp3) is 0.462. The zero-order chi connectivity index (χ0) is 20.3. The second kappa shape index (κ2) is 8.21. The van der Waals surface area contributed by atoms with Gasteiger partial charge >= 0.3 is 24.2 Å². The van der Waals surface area contributed by atoms with Crippen LogP contribution in [0.1, 0.15) is 5.56 Å². The Bertz CT molecular complexity index is 632. The molecular weight excluding hydrogens is 418 g/mol. The highest BCUT2D eigenvalue weighted by atomic mass is 32.3. The summed E-state index contributed by atoms with van der Waals surface area (Å²) in [6.45, 7) is 1.47. The van der Waals surface area contributed by atoms with Crippen molar-refractivity contribution in [3.8, 4) is 0 Å². The lowest BCUT2D eigenvalue weighted by Gasteiger charge is -2.32. The first kappa shape index (κ1) is 22.8. The molecule has 1 atom stereocenters. The molecule has 0 radical (unpaired) electrons. The average Bonchev–Trinajstić information content (AvgIpc) is 2.54. The minimum Gasteiger partial charge on any atom is -0.587 e. The number of halogens is 8. The highest BCUT2D eigenvalue weighted by Gasteiger charge is 2.75. The molecule has 1 rings (SSSR count). The molecule has 0 bridgehead atoms. The van der Waals surface area contributed by atoms with Crippen LogP contribution in [-0.4, -0.2) is 44.6 Å². The van der Waals surface area contributed by atoms with Crippen molar-refractivity contribution in [2.24, 2.45) is 0 Å². The Balaban J connectivity index is 2.96. The minimum absolute atomic E-state index is 0.0138. The molecule has 1 amide bonds. The number of alkyl halides is 8. The van der Waals surface area contributed by atoms with Crippen molar-refractivity contribution in [1.29, 1.82) is 0 Å². The number of carbonyl (C=O) groups is 1. The van der Waals surface area contributed by atoms with Gasteiger partial charge in [-0.3, -0.25) is 4.79 Å². The van der Waals surface area contributed by atoms with Crippen molar-refractivity contribution in [2.75, 3.05) is 5.75 Å². The number of hydrogen-bond acceptors (Lipinski definition) is 3. The topological polar surface area (TPSA) is 43.4 Å². The quantitative estimate of drug-likeness (QED) is 0.255. The normalized spacial score (nSPS) is 14.4. The van der Waals surface area contributed by atoms with E-state index < -0.39 is 53.3 Å². The molecule has 3 nitrogen and oxygen atoms in total. The van der Waals surface area contributed by atoms with Crippen molar-refractivity contribution in [2.45, 2.75) is 36.0 Å². The lowest BCUT2D eigenvalue weighted by atomic mass is 10.1. The summed E-state index contributed by atoms with van der Waals surface area (Å²) >= 11 is -2.86. The van der Waals surface area contributed by atoms with Gasteiger partial charge in [-0.25, -0.2) is 8.78 Å². The lowest BCUT2D eigenvalue weighted by molar-refractivity contribution is -0.331. The third-order valence-electron chi connectivity index (χ3n) is 3.06. The predicted molar refractivity (Wildman–Crippen MR) is 78.8 cm³/mol. The van der Waals surface area contributed by atoms with Gasteiger partial charge in [-0.1, -0.05) is 21.9 Å². The van der Waals surface area contributed by atoms with Crippen molar-refractivity contribution in [3.05, 3.63) is 29.8 Å². The maximum absolute atomic E-state index is 13.5. The number of rotatable bonds is 9. The van der Waals surface area contributed by atoms with Crippen LogP contribution >= 0.6 is 11.9 Å². The molecule has 1 unspecified atom stereocenters. The summed E-state index contributed by atoms with van der Waals surface area (Å²) in [5.41, 5.74) is 0.375. The van der Waals surface area contributed by atoms with Gasteiger partial charge in [0.1, 0.15) is 11.4 Å². The summed E-state index contributed by atoms with van der Waals surface area (Å²) < 4.78 is 115. The molecule has 1 aromatic rings. The van der Waals surface area contributed by atoms with Gasteiger partial charge < -0.3 is 4.55 Å². The van der Waals surface area contributed by atoms with Gasteiger partial charge in [0.25, 0.3) is 6.41 Å². The first-order valence-corrected chi connectivity index (χ1v) is 8.61. The molecule has 0 heterocycles. The van der Waals surface area contributed by atoms with Crippen LogP contribution in [0.3, 0.4) is 0 Å². The number of nitrogens with zero attached hydrogens (tertiary/aromatic N) is 1. The first-order chi connectivity index (χ1) is 11.8. The van der Waals surface area contributed by atoms with Crippen molar-refractivity contribution in [1.82, 2.24) is 3.71 Å². The second-order valence-corrected chi connectivity index (χ2v) is 7.38. The van der Waals surface area contributed by atoms with E-state index in [0.29, 0.717) is 5.56 Å². The van der Waals surface area contributed by atoms with Gasteiger partial charge in [0.15, 0.2) is 4.90 Å². The second-order valence-electron chi connectivity index (χ2n) is 4.88. The smallest absolute Gasteiger partial charge is 0.378 e. The molecule has 0 aliphatic rings.